The predicted octanol–water partition coefficient (Wildman–Crippen LogP) is 4.18. The molecule has 0 aromatic carbocycles. The first-order valence-electron chi connectivity index (χ1n) is 4.00. The number of Topliss-reactive ketones (excluding diaryl/α,β-unsaturated/α-hetero) is 1. The first-order chi connectivity index (χ1) is 6.06. The van der Waals surface area contributed by atoms with Gasteiger partial charge in [-0.2, -0.15) is 0 Å². The topological polar surface area (TPSA) is 17.1 Å². The van der Waals surface area contributed by atoms with Gasteiger partial charge < -0.3 is 0 Å². The number of halogens is 2. The van der Waals surface area contributed by atoms with E-state index >= 15 is 0 Å². The quantitative estimate of drug-likeness (QED) is 0.602. The molecule has 0 aliphatic heterocycles. The first-order valence-corrected chi connectivity index (χ1v) is 6.53. The van der Waals surface area contributed by atoms with Crippen LogP contribution in [0, 0.1) is 6.92 Å². The van der Waals surface area contributed by atoms with Crippen LogP contribution in [0.3, 0.4) is 0 Å². The Kier molecular flexibility index (Phi) is 4.13. The van der Waals surface area contributed by atoms with Crippen LogP contribution in [0.5, 0.6) is 0 Å². The Morgan fingerprint density at radius 3 is 2.69 bits per heavy atom. The number of aryl methyl sites for hydroxylation is 1. The third-order valence-electron chi connectivity index (χ3n) is 1.68. The molecule has 1 atom stereocenters. The van der Waals surface area contributed by atoms with Gasteiger partial charge in [-0.05, 0) is 35.3 Å². The molecule has 1 unspecified atom stereocenters. The third-order valence-corrected chi connectivity index (χ3v) is 4.69. The van der Waals surface area contributed by atoms with Crippen LogP contribution in [0.2, 0.25) is 0 Å². The number of carbonyl (C=O) groups excluding carboxylic acids is 1. The van der Waals surface area contributed by atoms with Crippen molar-refractivity contribution in [1.29, 1.82) is 0 Å². The zero-order valence-electron chi connectivity index (χ0n) is 7.43. The highest BCUT2D eigenvalue weighted by Crippen LogP contribution is 2.29. The molecule has 1 aromatic heterocycles. The van der Waals surface area contributed by atoms with Crippen molar-refractivity contribution in [2.24, 2.45) is 0 Å². The van der Waals surface area contributed by atoms with Gasteiger partial charge in [0.05, 0.1) is 9.70 Å². The number of hydrogen-bond acceptors (Lipinski definition) is 2. The average molecular weight is 326 g/mol. The molecule has 1 heterocycles. The summed E-state index contributed by atoms with van der Waals surface area (Å²) in [6, 6.07) is 1.98. The smallest absolute Gasteiger partial charge is 0.187 e. The number of rotatable bonds is 3. The van der Waals surface area contributed by atoms with Gasteiger partial charge in [-0.3, -0.25) is 4.79 Å². The molecule has 0 aliphatic carbocycles. The van der Waals surface area contributed by atoms with E-state index in [4.69, 9.17) is 0 Å². The Morgan fingerprint density at radius 1 is 1.69 bits per heavy atom. The third kappa shape index (κ3) is 2.64. The maximum Gasteiger partial charge on any atom is 0.187 e. The van der Waals surface area contributed by atoms with Crippen LogP contribution in [0.4, 0.5) is 0 Å². The molecule has 0 aliphatic rings. The lowest BCUT2D eigenvalue weighted by Crippen LogP contribution is -2.11. The van der Waals surface area contributed by atoms with Crippen LogP contribution < -0.4 is 0 Å². The molecule has 1 nitrogen and oxygen atoms in total. The van der Waals surface area contributed by atoms with Crippen molar-refractivity contribution in [2.45, 2.75) is 25.1 Å². The molecule has 0 amide bonds. The summed E-state index contributed by atoms with van der Waals surface area (Å²) in [6.07, 6.45) is 0.822. The van der Waals surface area contributed by atoms with Crippen molar-refractivity contribution >= 4 is 49.0 Å². The highest BCUT2D eigenvalue weighted by Gasteiger charge is 2.19. The fourth-order valence-corrected chi connectivity index (χ4v) is 3.19. The van der Waals surface area contributed by atoms with Crippen LogP contribution in [-0.4, -0.2) is 10.6 Å². The Hall–Kier alpha value is 0.330. The second kappa shape index (κ2) is 4.71. The minimum absolute atomic E-state index is 0.0538. The lowest BCUT2D eigenvalue weighted by molar-refractivity contribution is 0.0993. The summed E-state index contributed by atoms with van der Waals surface area (Å²) < 4.78 is 0.915. The highest BCUT2D eigenvalue weighted by atomic mass is 79.9. The van der Waals surface area contributed by atoms with E-state index < -0.39 is 0 Å². The maximum atomic E-state index is 11.7. The van der Waals surface area contributed by atoms with Gasteiger partial charge in [0.15, 0.2) is 5.78 Å². The summed E-state index contributed by atoms with van der Waals surface area (Å²) in [6.45, 7) is 3.99. The average Bonchev–Trinajstić information content (AvgIpc) is 2.42. The maximum absolute atomic E-state index is 11.7. The van der Waals surface area contributed by atoms with Crippen molar-refractivity contribution in [3.8, 4) is 0 Å². The molecule has 0 spiro atoms. The number of alkyl halides is 1. The van der Waals surface area contributed by atoms with E-state index in [1.165, 1.54) is 11.3 Å². The summed E-state index contributed by atoms with van der Waals surface area (Å²) in [5.74, 6) is 0.174. The van der Waals surface area contributed by atoms with Gasteiger partial charge in [-0.1, -0.05) is 22.9 Å². The molecule has 13 heavy (non-hydrogen) atoms. The summed E-state index contributed by atoms with van der Waals surface area (Å²) in [7, 11) is 0. The Balaban J connectivity index is 2.94. The molecule has 4 heteroatoms. The van der Waals surface area contributed by atoms with Gasteiger partial charge in [0.1, 0.15) is 0 Å². The summed E-state index contributed by atoms with van der Waals surface area (Å²) in [5.41, 5.74) is 0. The van der Waals surface area contributed by atoms with E-state index in [-0.39, 0.29) is 10.6 Å². The second-order valence-electron chi connectivity index (χ2n) is 2.77. The molecular formula is C9H10Br2OS. The van der Waals surface area contributed by atoms with Crippen LogP contribution >= 0.6 is 43.2 Å². The lowest BCUT2D eigenvalue weighted by Gasteiger charge is -2.03. The molecule has 0 saturated heterocycles. The molecule has 1 aromatic rings. The molecule has 0 saturated carbocycles. The summed E-state index contributed by atoms with van der Waals surface area (Å²) in [5, 5.41) is 0. The van der Waals surface area contributed by atoms with Crippen molar-refractivity contribution in [3.05, 3.63) is 20.3 Å². The van der Waals surface area contributed by atoms with Gasteiger partial charge in [0, 0.05) is 9.35 Å². The first kappa shape index (κ1) is 11.4. The number of ketones is 1. The van der Waals surface area contributed by atoms with Crippen molar-refractivity contribution in [1.82, 2.24) is 0 Å². The number of carbonyl (C=O) groups is 1. The van der Waals surface area contributed by atoms with E-state index in [0.717, 1.165) is 20.6 Å². The SMILES string of the molecule is CCC(Br)C(=O)c1sc(C)cc1Br. The summed E-state index contributed by atoms with van der Waals surface area (Å²) >= 11 is 8.28. The molecule has 0 radical (unpaired) electrons. The van der Waals surface area contributed by atoms with Crippen LogP contribution in [0.1, 0.15) is 27.9 Å². The van der Waals surface area contributed by atoms with E-state index in [9.17, 15) is 4.79 Å². The fraction of sp³-hybridized carbons (Fsp3) is 0.444. The van der Waals surface area contributed by atoms with Gasteiger partial charge in [-0.25, -0.2) is 0 Å². The second-order valence-corrected chi connectivity index (χ2v) is 5.99. The van der Waals surface area contributed by atoms with Crippen molar-refractivity contribution < 1.29 is 4.79 Å². The standard InChI is InChI=1S/C9H10Br2OS/c1-3-6(10)8(12)9-7(11)4-5(2)13-9/h4,6H,3H2,1-2H3. The molecule has 72 valence electrons. The lowest BCUT2D eigenvalue weighted by atomic mass is 10.2. The molecule has 0 fully saturated rings. The number of thiophene rings is 1. The van der Waals surface area contributed by atoms with E-state index in [1.54, 1.807) is 0 Å². The van der Waals surface area contributed by atoms with E-state index in [0.29, 0.717) is 0 Å². The fourth-order valence-electron chi connectivity index (χ4n) is 0.979. The van der Waals surface area contributed by atoms with Crippen molar-refractivity contribution in [3.63, 3.8) is 0 Å². The van der Waals surface area contributed by atoms with Gasteiger partial charge >= 0.3 is 0 Å². The Morgan fingerprint density at radius 2 is 2.31 bits per heavy atom. The Bertz CT molecular complexity index is 319. The molecule has 0 N–H and O–H groups in total. The van der Waals surface area contributed by atoms with Gasteiger partial charge in [0.25, 0.3) is 0 Å². The zero-order chi connectivity index (χ0) is 10.0. The normalized spacial score (nSPS) is 12.9. The monoisotopic (exact) mass is 324 g/mol. The van der Waals surface area contributed by atoms with Gasteiger partial charge in [0.2, 0.25) is 0 Å². The van der Waals surface area contributed by atoms with Crippen LogP contribution in [-0.2, 0) is 0 Å². The largest absolute Gasteiger partial charge is 0.292 e. The van der Waals surface area contributed by atoms with E-state index in [2.05, 4.69) is 31.9 Å². The van der Waals surface area contributed by atoms with Crippen LogP contribution in [0.15, 0.2) is 10.5 Å². The number of hydrogen-bond donors (Lipinski definition) is 0. The minimum Gasteiger partial charge on any atom is -0.292 e. The van der Waals surface area contributed by atoms with Gasteiger partial charge in [-0.15, -0.1) is 11.3 Å². The molecule has 0 bridgehead atoms. The van der Waals surface area contributed by atoms with Crippen LogP contribution in [0.25, 0.3) is 0 Å². The van der Waals surface area contributed by atoms with E-state index in [1.807, 2.05) is 19.9 Å². The zero-order valence-corrected chi connectivity index (χ0v) is 11.4. The predicted molar refractivity (Wildman–Crippen MR) is 64.1 cm³/mol. The highest BCUT2D eigenvalue weighted by molar-refractivity contribution is 9.10. The summed E-state index contributed by atoms with van der Waals surface area (Å²) in [4.78, 5) is 13.7. The Labute approximate surface area is 98.8 Å². The minimum atomic E-state index is -0.0538. The van der Waals surface area contributed by atoms with Crippen molar-refractivity contribution in [2.75, 3.05) is 0 Å². The molecular weight excluding hydrogens is 316 g/mol. The molecule has 1 rings (SSSR count).